The van der Waals surface area contributed by atoms with Gasteiger partial charge in [0.25, 0.3) is 0 Å². The largest absolute Gasteiger partial charge is 0.148 e. The van der Waals surface area contributed by atoms with Gasteiger partial charge in [-0.3, -0.25) is 0 Å². The molecular weight excluding hydrogens is 220 g/mol. The molecule has 1 atom stereocenters. The summed E-state index contributed by atoms with van der Waals surface area (Å²) in [6.45, 7) is 4.48. The number of thiophene rings is 1. The van der Waals surface area contributed by atoms with Crippen molar-refractivity contribution in [3.8, 4) is 0 Å². The van der Waals surface area contributed by atoms with Crippen LogP contribution in [0.15, 0.2) is 11.4 Å². The second kappa shape index (κ2) is 4.27. The summed E-state index contributed by atoms with van der Waals surface area (Å²) >= 11 is 5.38. The normalized spacial score (nSPS) is 13.4. The van der Waals surface area contributed by atoms with Crippen LogP contribution in [0.5, 0.6) is 0 Å². The first kappa shape index (κ1) is 9.27. The van der Waals surface area contributed by atoms with E-state index in [9.17, 15) is 0 Å². The summed E-state index contributed by atoms with van der Waals surface area (Å²) in [4.78, 5) is 1.55. The van der Waals surface area contributed by atoms with Crippen molar-refractivity contribution in [3.05, 3.63) is 21.9 Å². The number of rotatable bonds is 3. The molecule has 0 aliphatic carbocycles. The third kappa shape index (κ3) is 2.06. The van der Waals surface area contributed by atoms with E-state index in [-0.39, 0.29) is 0 Å². The summed E-state index contributed by atoms with van der Waals surface area (Å²) in [5, 5.41) is 3.26. The lowest BCUT2D eigenvalue weighted by atomic mass is 10.1. The van der Waals surface area contributed by atoms with E-state index >= 15 is 0 Å². The van der Waals surface area contributed by atoms with Gasteiger partial charge in [0.05, 0.1) is 0 Å². The van der Waals surface area contributed by atoms with Crippen LogP contribution >= 0.6 is 27.3 Å². The van der Waals surface area contributed by atoms with Crippen molar-refractivity contribution in [2.75, 3.05) is 5.33 Å². The Morgan fingerprint density at radius 3 is 2.91 bits per heavy atom. The Hall–Kier alpha value is 0.180. The Labute approximate surface area is 80.8 Å². The van der Waals surface area contributed by atoms with Crippen LogP contribution in [0.2, 0.25) is 0 Å². The Morgan fingerprint density at radius 2 is 2.36 bits per heavy atom. The maximum atomic E-state index is 3.51. The van der Waals surface area contributed by atoms with Crippen molar-refractivity contribution in [2.24, 2.45) is 0 Å². The van der Waals surface area contributed by atoms with E-state index in [4.69, 9.17) is 0 Å². The molecule has 1 heterocycles. The summed E-state index contributed by atoms with van der Waals surface area (Å²) in [6, 6.07) is 2.24. The summed E-state index contributed by atoms with van der Waals surface area (Å²) in [6.07, 6.45) is 1.16. The van der Waals surface area contributed by atoms with E-state index in [0.717, 1.165) is 11.8 Å². The zero-order valence-electron chi connectivity index (χ0n) is 6.93. The molecule has 2 heteroatoms. The fourth-order valence-corrected chi connectivity index (χ4v) is 2.74. The van der Waals surface area contributed by atoms with Crippen molar-refractivity contribution in [1.82, 2.24) is 0 Å². The predicted molar refractivity (Wildman–Crippen MR) is 55.9 cm³/mol. The molecule has 0 radical (unpaired) electrons. The smallest absolute Gasteiger partial charge is 0.0114 e. The zero-order valence-corrected chi connectivity index (χ0v) is 9.33. The molecule has 1 unspecified atom stereocenters. The first-order chi connectivity index (χ1) is 5.29. The molecule has 0 spiro atoms. The maximum Gasteiger partial charge on any atom is 0.0114 e. The van der Waals surface area contributed by atoms with Crippen LogP contribution < -0.4 is 0 Å². The number of alkyl halides is 1. The molecule has 0 saturated carbocycles. The van der Waals surface area contributed by atoms with Crippen molar-refractivity contribution in [3.63, 3.8) is 0 Å². The van der Waals surface area contributed by atoms with Gasteiger partial charge in [0.15, 0.2) is 0 Å². The average Bonchev–Trinajstić information content (AvgIpc) is 2.50. The SMILES string of the molecule is CCc1ccsc1C(C)CBr. The molecule has 0 bridgehead atoms. The Balaban J connectivity index is 2.83. The molecule has 0 aliphatic heterocycles. The van der Waals surface area contributed by atoms with Crippen molar-refractivity contribution < 1.29 is 0 Å². The molecule has 1 aromatic heterocycles. The van der Waals surface area contributed by atoms with E-state index in [2.05, 4.69) is 41.2 Å². The highest BCUT2D eigenvalue weighted by Crippen LogP contribution is 2.27. The fourth-order valence-electron chi connectivity index (χ4n) is 1.14. The molecule has 62 valence electrons. The van der Waals surface area contributed by atoms with Crippen molar-refractivity contribution in [1.29, 1.82) is 0 Å². The van der Waals surface area contributed by atoms with Gasteiger partial charge in [0.1, 0.15) is 0 Å². The Kier molecular flexibility index (Phi) is 3.60. The van der Waals surface area contributed by atoms with E-state index < -0.39 is 0 Å². The Morgan fingerprint density at radius 1 is 1.64 bits per heavy atom. The van der Waals surface area contributed by atoms with Crippen molar-refractivity contribution >= 4 is 27.3 Å². The molecular formula is C9H13BrS. The summed E-state index contributed by atoms with van der Waals surface area (Å²) in [5.41, 5.74) is 1.52. The van der Waals surface area contributed by atoms with Gasteiger partial charge in [-0.1, -0.05) is 29.8 Å². The van der Waals surface area contributed by atoms with Crippen LogP contribution in [0.1, 0.15) is 30.2 Å². The zero-order chi connectivity index (χ0) is 8.27. The van der Waals surface area contributed by atoms with E-state index in [1.165, 1.54) is 5.56 Å². The minimum atomic E-state index is 0.671. The van der Waals surface area contributed by atoms with Crippen LogP contribution in [0.25, 0.3) is 0 Å². The predicted octanol–water partition coefficient (Wildman–Crippen LogP) is 3.81. The second-order valence-electron chi connectivity index (χ2n) is 2.72. The third-order valence-electron chi connectivity index (χ3n) is 1.84. The molecule has 11 heavy (non-hydrogen) atoms. The van der Waals surface area contributed by atoms with E-state index in [1.807, 2.05) is 11.3 Å². The molecule has 0 saturated heterocycles. The van der Waals surface area contributed by atoms with Gasteiger partial charge < -0.3 is 0 Å². The van der Waals surface area contributed by atoms with Gasteiger partial charge in [-0.25, -0.2) is 0 Å². The van der Waals surface area contributed by atoms with Gasteiger partial charge >= 0.3 is 0 Å². The van der Waals surface area contributed by atoms with Crippen LogP contribution in [0.4, 0.5) is 0 Å². The van der Waals surface area contributed by atoms with Gasteiger partial charge in [-0.2, -0.15) is 0 Å². The number of hydrogen-bond acceptors (Lipinski definition) is 1. The van der Waals surface area contributed by atoms with E-state index in [1.54, 1.807) is 4.88 Å². The highest BCUT2D eigenvalue weighted by molar-refractivity contribution is 9.09. The first-order valence-electron chi connectivity index (χ1n) is 3.91. The van der Waals surface area contributed by atoms with Gasteiger partial charge in [0.2, 0.25) is 0 Å². The molecule has 1 aromatic rings. The quantitative estimate of drug-likeness (QED) is 0.696. The van der Waals surface area contributed by atoms with Crippen LogP contribution in [0, 0.1) is 0 Å². The molecule has 0 aliphatic rings. The van der Waals surface area contributed by atoms with Crippen LogP contribution in [-0.4, -0.2) is 5.33 Å². The monoisotopic (exact) mass is 232 g/mol. The first-order valence-corrected chi connectivity index (χ1v) is 5.92. The minimum Gasteiger partial charge on any atom is -0.148 e. The molecule has 0 nitrogen and oxygen atoms in total. The van der Waals surface area contributed by atoms with Gasteiger partial charge in [-0.05, 0) is 23.4 Å². The lowest BCUT2D eigenvalue weighted by molar-refractivity contribution is 0.890. The van der Waals surface area contributed by atoms with Gasteiger partial charge in [-0.15, -0.1) is 11.3 Å². The summed E-state index contributed by atoms with van der Waals surface area (Å²) in [7, 11) is 0. The highest BCUT2D eigenvalue weighted by atomic mass is 79.9. The Bertz CT molecular complexity index is 217. The van der Waals surface area contributed by atoms with Crippen LogP contribution in [-0.2, 0) is 6.42 Å². The third-order valence-corrected chi connectivity index (χ3v) is 4.00. The lowest BCUT2D eigenvalue weighted by Gasteiger charge is -2.06. The second-order valence-corrected chi connectivity index (χ2v) is 4.31. The molecule has 1 rings (SSSR count). The van der Waals surface area contributed by atoms with Gasteiger partial charge in [0, 0.05) is 16.1 Å². The summed E-state index contributed by atoms with van der Waals surface area (Å²) < 4.78 is 0. The molecule has 0 N–H and O–H groups in total. The van der Waals surface area contributed by atoms with Crippen molar-refractivity contribution in [2.45, 2.75) is 26.2 Å². The molecule has 0 amide bonds. The minimum absolute atomic E-state index is 0.671. The fraction of sp³-hybridized carbons (Fsp3) is 0.556. The molecule has 0 aromatic carbocycles. The lowest BCUT2D eigenvalue weighted by Crippen LogP contribution is -1.94. The highest BCUT2D eigenvalue weighted by Gasteiger charge is 2.08. The number of hydrogen-bond donors (Lipinski definition) is 0. The number of halogens is 1. The maximum absolute atomic E-state index is 3.51. The molecule has 0 fully saturated rings. The van der Waals surface area contributed by atoms with Crippen LogP contribution in [0.3, 0.4) is 0 Å². The average molecular weight is 233 g/mol. The topological polar surface area (TPSA) is 0 Å². The standard InChI is InChI=1S/C9H13BrS/c1-3-8-4-5-11-9(8)7(2)6-10/h4-5,7H,3,6H2,1-2H3. The van der Waals surface area contributed by atoms with E-state index in [0.29, 0.717) is 5.92 Å². The number of aryl methyl sites for hydroxylation is 1. The summed E-state index contributed by atoms with van der Waals surface area (Å²) in [5.74, 6) is 0.671.